The molecule has 20 heavy (non-hydrogen) atoms. The molecular weight excluding hydrogens is 250 g/mol. The maximum absolute atomic E-state index is 5.93. The third kappa shape index (κ3) is 4.14. The van der Waals surface area contributed by atoms with Crippen LogP contribution in [-0.2, 0) is 0 Å². The van der Waals surface area contributed by atoms with Crippen molar-refractivity contribution < 1.29 is 9.47 Å². The van der Waals surface area contributed by atoms with E-state index < -0.39 is 0 Å². The van der Waals surface area contributed by atoms with Gasteiger partial charge in [-0.25, -0.2) is 0 Å². The average molecular weight is 277 g/mol. The normalized spacial score (nSPS) is 21.9. The lowest BCUT2D eigenvalue weighted by atomic mass is 10.00. The molecule has 2 unspecified atom stereocenters. The smallest absolute Gasteiger partial charge is 0.161 e. The van der Waals surface area contributed by atoms with Gasteiger partial charge >= 0.3 is 0 Å². The van der Waals surface area contributed by atoms with Crippen molar-refractivity contribution in [3.8, 4) is 11.5 Å². The highest BCUT2D eigenvalue weighted by molar-refractivity contribution is 5.39. The lowest BCUT2D eigenvalue weighted by molar-refractivity contribution is 0.244. The van der Waals surface area contributed by atoms with Gasteiger partial charge in [0.1, 0.15) is 0 Å². The van der Waals surface area contributed by atoms with Crippen LogP contribution in [0.25, 0.3) is 0 Å². The molecule has 0 radical (unpaired) electrons. The molecule has 1 aliphatic rings. The topological polar surface area (TPSA) is 30.5 Å². The van der Waals surface area contributed by atoms with E-state index >= 15 is 0 Å². The highest BCUT2D eigenvalue weighted by Gasteiger charge is 2.26. The number of para-hydroxylation sites is 2. The predicted molar refractivity (Wildman–Crippen MR) is 82.5 cm³/mol. The van der Waals surface area contributed by atoms with Gasteiger partial charge in [0.15, 0.2) is 11.5 Å². The number of nitrogens with one attached hydrogen (secondary N) is 1. The Hall–Kier alpha value is -1.22. The summed E-state index contributed by atoms with van der Waals surface area (Å²) in [6, 6.07) is 8.62. The van der Waals surface area contributed by atoms with Crippen molar-refractivity contribution in [1.82, 2.24) is 5.32 Å². The molecule has 1 aromatic carbocycles. The Morgan fingerprint density at radius 3 is 2.55 bits per heavy atom. The summed E-state index contributed by atoms with van der Waals surface area (Å²) < 4.78 is 11.5. The van der Waals surface area contributed by atoms with Crippen LogP contribution in [-0.4, -0.2) is 25.8 Å². The number of hydrogen-bond donors (Lipinski definition) is 1. The predicted octanol–water partition coefficient (Wildman–Crippen LogP) is 3.63. The summed E-state index contributed by atoms with van der Waals surface area (Å²) in [5.74, 6) is 2.48. The molecule has 0 amide bonds. The van der Waals surface area contributed by atoms with Crippen LogP contribution < -0.4 is 14.8 Å². The Labute approximate surface area is 122 Å². The average Bonchev–Trinajstić information content (AvgIpc) is 2.89. The number of hydrogen-bond acceptors (Lipinski definition) is 3. The van der Waals surface area contributed by atoms with E-state index in [1.165, 1.54) is 19.3 Å². The molecule has 1 aromatic rings. The van der Waals surface area contributed by atoms with Gasteiger partial charge in [-0.3, -0.25) is 0 Å². The van der Waals surface area contributed by atoms with E-state index in [9.17, 15) is 0 Å². The lowest BCUT2D eigenvalue weighted by Gasteiger charge is -2.20. The molecule has 0 aliphatic heterocycles. The summed E-state index contributed by atoms with van der Waals surface area (Å²) in [5, 5.41) is 3.59. The van der Waals surface area contributed by atoms with Crippen molar-refractivity contribution in [2.24, 2.45) is 5.92 Å². The summed E-state index contributed by atoms with van der Waals surface area (Å²) in [5.41, 5.74) is 0. The molecule has 0 aromatic heterocycles. The van der Waals surface area contributed by atoms with Crippen LogP contribution in [0.4, 0.5) is 0 Å². The first-order valence-corrected chi connectivity index (χ1v) is 7.93. The maximum atomic E-state index is 5.93. The standard InChI is InChI=1S/C17H27NO2/c1-3-18-15-9-7-8-14(15)12-13-20-17-11-6-5-10-16(17)19-4-2/h5-6,10-11,14-15,18H,3-4,7-9,12-13H2,1-2H3. The molecular formula is C17H27NO2. The van der Waals surface area contributed by atoms with Gasteiger partial charge in [-0.1, -0.05) is 25.5 Å². The van der Waals surface area contributed by atoms with Crippen molar-refractivity contribution in [1.29, 1.82) is 0 Å². The fourth-order valence-corrected chi connectivity index (χ4v) is 3.08. The molecule has 0 spiro atoms. The first-order chi connectivity index (χ1) is 9.85. The van der Waals surface area contributed by atoms with Gasteiger partial charge in [0.25, 0.3) is 0 Å². The molecule has 1 fully saturated rings. The summed E-state index contributed by atoms with van der Waals surface area (Å²) in [4.78, 5) is 0. The molecule has 2 rings (SSSR count). The van der Waals surface area contributed by atoms with Gasteiger partial charge in [0.05, 0.1) is 13.2 Å². The molecule has 0 saturated heterocycles. The molecule has 112 valence electrons. The third-order valence-electron chi connectivity index (χ3n) is 4.02. The maximum Gasteiger partial charge on any atom is 0.161 e. The molecule has 0 heterocycles. The fourth-order valence-electron chi connectivity index (χ4n) is 3.08. The van der Waals surface area contributed by atoms with Gasteiger partial charge in [0.2, 0.25) is 0 Å². The molecule has 1 aliphatic carbocycles. The highest BCUT2D eigenvalue weighted by Crippen LogP contribution is 2.30. The zero-order valence-corrected chi connectivity index (χ0v) is 12.7. The molecule has 3 nitrogen and oxygen atoms in total. The van der Waals surface area contributed by atoms with Crippen LogP contribution in [0.2, 0.25) is 0 Å². The van der Waals surface area contributed by atoms with Crippen LogP contribution in [0.5, 0.6) is 11.5 Å². The highest BCUT2D eigenvalue weighted by atomic mass is 16.5. The Morgan fingerprint density at radius 2 is 1.85 bits per heavy atom. The van der Waals surface area contributed by atoms with Crippen molar-refractivity contribution >= 4 is 0 Å². The second-order valence-corrected chi connectivity index (χ2v) is 5.37. The van der Waals surface area contributed by atoms with Crippen LogP contribution in [0.15, 0.2) is 24.3 Å². The van der Waals surface area contributed by atoms with E-state index in [0.717, 1.165) is 37.0 Å². The van der Waals surface area contributed by atoms with Gasteiger partial charge in [0, 0.05) is 6.04 Å². The molecule has 0 bridgehead atoms. The first-order valence-electron chi connectivity index (χ1n) is 7.93. The van der Waals surface area contributed by atoms with Gasteiger partial charge < -0.3 is 14.8 Å². The lowest BCUT2D eigenvalue weighted by Crippen LogP contribution is -2.32. The largest absolute Gasteiger partial charge is 0.490 e. The zero-order valence-electron chi connectivity index (χ0n) is 12.7. The number of rotatable bonds is 8. The summed E-state index contributed by atoms with van der Waals surface area (Å²) >= 11 is 0. The van der Waals surface area contributed by atoms with Crippen molar-refractivity contribution in [2.75, 3.05) is 19.8 Å². The molecule has 3 heteroatoms. The van der Waals surface area contributed by atoms with E-state index in [1.54, 1.807) is 0 Å². The van der Waals surface area contributed by atoms with E-state index in [0.29, 0.717) is 12.6 Å². The second-order valence-electron chi connectivity index (χ2n) is 5.37. The molecule has 2 atom stereocenters. The first kappa shape index (κ1) is 15.2. The van der Waals surface area contributed by atoms with E-state index in [4.69, 9.17) is 9.47 Å². The fraction of sp³-hybridized carbons (Fsp3) is 0.647. The Balaban J connectivity index is 1.80. The van der Waals surface area contributed by atoms with Crippen molar-refractivity contribution in [2.45, 2.75) is 45.6 Å². The van der Waals surface area contributed by atoms with Crippen LogP contribution >= 0.6 is 0 Å². The zero-order chi connectivity index (χ0) is 14.2. The minimum atomic E-state index is 0.672. The van der Waals surface area contributed by atoms with E-state index in [-0.39, 0.29) is 0 Å². The number of benzene rings is 1. The SMILES string of the molecule is CCNC1CCCC1CCOc1ccccc1OCC. The summed E-state index contributed by atoms with van der Waals surface area (Å²) in [6.07, 6.45) is 5.11. The van der Waals surface area contributed by atoms with E-state index in [2.05, 4.69) is 12.2 Å². The Morgan fingerprint density at radius 1 is 1.10 bits per heavy atom. The third-order valence-corrected chi connectivity index (χ3v) is 4.02. The van der Waals surface area contributed by atoms with Gasteiger partial charge in [-0.2, -0.15) is 0 Å². The molecule has 1 saturated carbocycles. The van der Waals surface area contributed by atoms with Gasteiger partial charge in [-0.05, 0) is 50.8 Å². The van der Waals surface area contributed by atoms with Crippen LogP contribution in [0.1, 0.15) is 39.5 Å². The minimum Gasteiger partial charge on any atom is -0.490 e. The summed E-state index contributed by atoms with van der Waals surface area (Å²) in [6.45, 7) is 6.69. The van der Waals surface area contributed by atoms with E-state index in [1.807, 2.05) is 31.2 Å². The Bertz CT molecular complexity index is 394. The monoisotopic (exact) mass is 277 g/mol. The quantitative estimate of drug-likeness (QED) is 0.787. The summed E-state index contributed by atoms with van der Waals surface area (Å²) in [7, 11) is 0. The Kier molecular flexibility index (Phi) is 6.19. The second kappa shape index (κ2) is 8.15. The number of ether oxygens (including phenoxy) is 2. The minimum absolute atomic E-state index is 0.672. The van der Waals surface area contributed by atoms with Crippen LogP contribution in [0, 0.1) is 5.92 Å². The van der Waals surface area contributed by atoms with Crippen molar-refractivity contribution in [3.05, 3.63) is 24.3 Å². The van der Waals surface area contributed by atoms with Gasteiger partial charge in [-0.15, -0.1) is 0 Å². The molecule has 1 N–H and O–H groups in total. The van der Waals surface area contributed by atoms with Crippen LogP contribution in [0.3, 0.4) is 0 Å². The van der Waals surface area contributed by atoms with Crippen molar-refractivity contribution in [3.63, 3.8) is 0 Å².